The highest BCUT2D eigenvalue weighted by Gasteiger charge is 2.07. The van der Waals surface area contributed by atoms with Crippen LogP contribution in [0.5, 0.6) is 0 Å². The molecule has 0 aliphatic heterocycles. The van der Waals surface area contributed by atoms with Crippen molar-refractivity contribution in [3.8, 4) is 0 Å². The van der Waals surface area contributed by atoms with E-state index in [1.807, 2.05) is 0 Å². The number of nitrogens with zero attached hydrogens (tertiary/aromatic N) is 1. The van der Waals surface area contributed by atoms with E-state index < -0.39 is 0 Å². The lowest BCUT2D eigenvalue weighted by Gasteiger charge is -1.91. The predicted octanol–water partition coefficient (Wildman–Crippen LogP) is 3.90. The van der Waals surface area contributed by atoms with Gasteiger partial charge in [0.25, 0.3) is 5.35 Å². The molecule has 0 saturated heterocycles. The summed E-state index contributed by atoms with van der Waals surface area (Å²) < 4.78 is 5.86. The monoisotopic (exact) mass is 265 g/mol. The van der Waals surface area contributed by atoms with Crippen LogP contribution < -0.4 is 0 Å². The fraction of sp³-hybridized carbons (Fsp3) is 0. The molecule has 12 heavy (non-hydrogen) atoms. The van der Waals surface area contributed by atoms with E-state index in [4.69, 9.17) is 27.6 Å². The first-order valence-corrected chi connectivity index (χ1v) is 4.63. The van der Waals surface area contributed by atoms with Gasteiger partial charge >= 0.3 is 0 Å². The average Bonchev–Trinajstić information content (AvgIpc) is 2.29. The molecule has 1 aromatic heterocycles. The van der Waals surface area contributed by atoms with Gasteiger partial charge in [0, 0.05) is 5.02 Å². The molecule has 5 heteroatoms. The molecule has 2 rings (SSSR count). The lowest BCUT2D eigenvalue weighted by Crippen LogP contribution is -1.70. The van der Waals surface area contributed by atoms with Gasteiger partial charge in [-0.1, -0.05) is 11.6 Å². The van der Waals surface area contributed by atoms with Crippen molar-refractivity contribution in [3.05, 3.63) is 27.0 Å². The molecular formula is C7H2BrCl2NO. The molecule has 62 valence electrons. The lowest BCUT2D eigenvalue weighted by atomic mass is 10.3. The third-order valence-electron chi connectivity index (χ3n) is 1.38. The summed E-state index contributed by atoms with van der Waals surface area (Å²) in [4.78, 5) is 3.92. The molecule has 0 N–H and O–H groups in total. The number of halogens is 3. The van der Waals surface area contributed by atoms with Crippen LogP contribution in [0.1, 0.15) is 0 Å². The van der Waals surface area contributed by atoms with E-state index in [1.165, 1.54) is 0 Å². The maximum atomic E-state index is 5.78. The minimum atomic E-state index is 0.118. The first-order valence-electron chi connectivity index (χ1n) is 3.08. The van der Waals surface area contributed by atoms with Gasteiger partial charge in [-0.25, -0.2) is 0 Å². The van der Waals surface area contributed by atoms with Crippen LogP contribution >= 0.6 is 39.1 Å². The van der Waals surface area contributed by atoms with Crippen LogP contribution in [-0.4, -0.2) is 4.98 Å². The van der Waals surface area contributed by atoms with Crippen molar-refractivity contribution in [2.45, 2.75) is 0 Å². The van der Waals surface area contributed by atoms with E-state index in [1.54, 1.807) is 12.1 Å². The highest BCUT2D eigenvalue weighted by molar-refractivity contribution is 9.10. The van der Waals surface area contributed by atoms with Crippen molar-refractivity contribution < 1.29 is 4.42 Å². The molecule has 1 heterocycles. The Morgan fingerprint density at radius 2 is 2.08 bits per heavy atom. The van der Waals surface area contributed by atoms with Gasteiger partial charge in [-0.2, -0.15) is 4.98 Å². The zero-order valence-electron chi connectivity index (χ0n) is 5.64. The second-order valence-corrected chi connectivity index (χ2v) is 3.82. The molecule has 0 aliphatic rings. The van der Waals surface area contributed by atoms with E-state index >= 15 is 0 Å². The molecule has 0 unspecified atom stereocenters. The summed E-state index contributed by atoms with van der Waals surface area (Å²) in [6.07, 6.45) is 0. The summed E-state index contributed by atoms with van der Waals surface area (Å²) in [6.45, 7) is 0. The lowest BCUT2D eigenvalue weighted by molar-refractivity contribution is 0.603. The van der Waals surface area contributed by atoms with Gasteiger partial charge in [0.15, 0.2) is 5.58 Å². The van der Waals surface area contributed by atoms with Gasteiger partial charge in [-0.3, -0.25) is 0 Å². The number of fused-ring (bicyclic) bond motifs is 1. The molecule has 0 atom stereocenters. The molecule has 0 aliphatic carbocycles. The topological polar surface area (TPSA) is 26.0 Å². The van der Waals surface area contributed by atoms with Crippen molar-refractivity contribution in [1.82, 2.24) is 4.98 Å². The van der Waals surface area contributed by atoms with Crippen molar-refractivity contribution in [3.63, 3.8) is 0 Å². The van der Waals surface area contributed by atoms with Crippen LogP contribution in [0.25, 0.3) is 11.1 Å². The smallest absolute Gasteiger partial charge is 0.293 e. The summed E-state index contributed by atoms with van der Waals surface area (Å²) >= 11 is 14.6. The molecule has 0 bridgehead atoms. The van der Waals surface area contributed by atoms with Crippen LogP contribution in [-0.2, 0) is 0 Å². The molecular weight excluding hydrogens is 265 g/mol. The Hall–Kier alpha value is -0.250. The third-order valence-corrected chi connectivity index (χ3v) is 2.35. The summed E-state index contributed by atoms with van der Waals surface area (Å²) in [5.41, 5.74) is 1.27. The Morgan fingerprint density at radius 1 is 1.33 bits per heavy atom. The largest absolute Gasteiger partial charge is 0.426 e. The Labute approximate surface area is 86.6 Å². The second-order valence-electron chi connectivity index (χ2n) is 2.20. The summed E-state index contributed by atoms with van der Waals surface area (Å²) in [5.74, 6) is 0. The summed E-state index contributed by atoms with van der Waals surface area (Å²) in [6, 6.07) is 3.42. The van der Waals surface area contributed by atoms with Gasteiger partial charge in [0.05, 0.1) is 4.47 Å². The van der Waals surface area contributed by atoms with Gasteiger partial charge in [-0.15, -0.1) is 0 Å². The first kappa shape index (κ1) is 8.35. The van der Waals surface area contributed by atoms with E-state index in [9.17, 15) is 0 Å². The summed E-state index contributed by atoms with van der Waals surface area (Å²) in [7, 11) is 0. The van der Waals surface area contributed by atoms with Crippen molar-refractivity contribution in [2.24, 2.45) is 0 Å². The number of hydrogen-bond acceptors (Lipinski definition) is 2. The SMILES string of the molecule is Clc1cc(Br)c2oc(Cl)nc2c1. The van der Waals surface area contributed by atoms with Crippen LogP contribution in [0.2, 0.25) is 10.4 Å². The van der Waals surface area contributed by atoms with E-state index in [0.29, 0.717) is 16.1 Å². The maximum Gasteiger partial charge on any atom is 0.293 e. The van der Waals surface area contributed by atoms with E-state index in [0.717, 1.165) is 4.47 Å². The number of aromatic nitrogens is 1. The molecule has 0 fully saturated rings. The molecule has 2 aromatic rings. The van der Waals surface area contributed by atoms with Crippen LogP contribution in [0.15, 0.2) is 21.0 Å². The minimum Gasteiger partial charge on any atom is -0.426 e. The van der Waals surface area contributed by atoms with Gasteiger partial charge in [-0.05, 0) is 39.7 Å². The Bertz CT molecular complexity index is 440. The highest BCUT2D eigenvalue weighted by atomic mass is 79.9. The predicted molar refractivity (Wildman–Crippen MR) is 51.7 cm³/mol. The molecule has 2 nitrogen and oxygen atoms in total. The van der Waals surface area contributed by atoms with Crippen LogP contribution in [0.3, 0.4) is 0 Å². The van der Waals surface area contributed by atoms with Crippen LogP contribution in [0, 0.1) is 0 Å². The standard InChI is InChI=1S/C7H2BrCl2NO/c8-4-1-3(9)2-5-6(4)12-7(10)11-5/h1-2H. The Kier molecular flexibility index (Phi) is 2.02. The molecule has 0 saturated carbocycles. The number of rotatable bonds is 0. The van der Waals surface area contributed by atoms with Crippen molar-refractivity contribution >= 4 is 50.2 Å². The molecule has 0 amide bonds. The zero-order chi connectivity index (χ0) is 8.72. The third kappa shape index (κ3) is 1.32. The minimum absolute atomic E-state index is 0.118. The van der Waals surface area contributed by atoms with Gasteiger partial charge in [0.1, 0.15) is 5.52 Å². The zero-order valence-corrected chi connectivity index (χ0v) is 8.74. The fourth-order valence-electron chi connectivity index (χ4n) is 0.933. The second kappa shape index (κ2) is 2.91. The quantitative estimate of drug-likeness (QED) is 0.723. The molecule has 0 spiro atoms. The fourth-order valence-corrected chi connectivity index (χ4v) is 1.98. The molecule has 1 aromatic carbocycles. The maximum absolute atomic E-state index is 5.78. The average molecular weight is 267 g/mol. The van der Waals surface area contributed by atoms with E-state index in [2.05, 4.69) is 20.9 Å². The number of hydrogen-bond donors (Lipinski definition) is 0. The van der Waals surface area contributed by atoms with E-state index in [-0.39, 0.29) is 5.35 Å². The van der Waals surface area contributed by atoms with Crippen molar-refractivity contribution in [1.29, 1.82) is 0 Å². The Morgan fingerprint density at radius 3 is 2.83 bits per heavy atom. The van der Waals surface area contributed by atoms with Crippen molar-refractivity contribution in [2.75, 3.05) is 0 Å². The number of oxazole rings is 1. The highest BCUT2D eigenvalue weighted by Crippen LogP contribution is 2.29. The van der Waals surface area contributed by atoms with Crippen LogP contribution in [0.4, 0.5) is 0 Å². The molecule has 0 radical (unpaired) electrons. The summed E-state index contributed by atoms with van der Waals surface area (Å²) in [5, 5.41) is 0.715. The normalized spacial score (nSPS) is 10.9. The van der Waals surface area contributed by atoms with Gasteiger partial charge in [0.2, 0.25) is 0 Å². The number of benzene rings is 1. The van der Waals surface area contributed by atoms with Gasteiger partial charge < -0.3 is 4.42 Å². The first-order chi connectivity index (χ1) is 5.66. The Balaban J connectivity index is 2.88.